The van der Waals surface area contributed by atoms with Crippen molar-refractivity contribution in [1.29, 1.82) is 0 Å². The molecule has 0 unspecified atom stereocenters. The molecule has 0 radical (unpaired) electrons. The van der Waals surface area contributed by atoms with E-state index >= 15 is 0 Å². The van der Waals surface area contributed by atoms with Gasteiger partial charge in [0.1, 0.15) is 0 Å². The van der Waals surface area contributed by atoms with Crippen molar-refractivity contribution < 1.29 is 24.9 Å². The molecule has 0 atom stereocenters. The third-order valence-corrected chi connectivity index (χ3v) is 3.24. The molecule has 1 fully saturated rings. The van der Waals surface area contributed by atoms with Crippen molar-refractivity contribution in [2.24, 2.45) is 5.92 Å². The quantitative estimate of drug-likeness (QED) is 0.689. The SMILES string of the molecule is C=C(C)C(=O)O.C=C(C)C(=O)O.CCCC1CCC(O)CC1. The van der Waals surface area contributed by atoms with Crippen LogP contribution in [0.4, 0.5) is 0 Å². The molecular weight excluding hydrogens is 284 g/mol. The van der Waals surface area contributed by atoms with Crippen LogP contribution in [0.15, 0.2) is 24.3 Å². The first-order chi connectivity index (χ1) is 10.1. The van der Waals surface area contributed by atoms with Crippen LogP contribution >= 0.6 is 0 Å². The van der Waals surface area contributed by atoms with Gasteiger partial charge < -0.3 is 15.3 Å². The minimum atomic E-state index is -0.935. The minimum Gasteiger partial charge on any atom is -0.478 e. The molecule has 3 N–H and O–H groups in total. The fourth-order valence-corrected chi connectivity index (χ4v) is 1.84. The standard InChI is InChI=1S/C9H18O.2C4H6O2/c1-2-3-8-4-6-9(10)7-5-8;2*1-3(2)4(5)6/h8-10H,2-7H2,1H3;2*1H2,2H3,(H,5,6). The van der Waals surface area contributed by atoms with Crippen molar-refractivity contribution in [2.75, 3.05) is 0 Å². The summed E-state index contributed by atoms with van der Waals surface area (Å²) in [6.45, 7) is 11.4. The maximum absolute atomic E-state index is 9.60. The second-order valence-electron chi connectivity index (χ2n) is 5.63. The first-order valence-electron chi connectivity index (χ1n) is 7.57. The lowest BCUT2D eigenvalue weighted by Gasteiger charge is -2.24. The van der Waals surface area contributed by atoms with Crippen molar-refractivity contribution >= 4 is 11.9 Å². The van der Waals surface area contributed by atoms with Crippen LogP contribution in [0.5, 0.6) is 0 Å². The number of aliphatic hydroxyl groups is 1. The lowest BCUT2D eigenvalue weighted by molar-refractivity contribution is -0.133. The van der Waals surface area contributed by atoms with Gasteiger partial charge in [-0.05, 0) is 45.4 Å². The van der Waals surface area contributed by atoms with Crippen LogP contribution < -0.4 is 0 Å². The van der Waals surface area contributed by atoms with E-state index in [2.05, 4.69) is 20.1 Å². The zero-order valence-corrected chi connectivity index (χ0v) is 14.0. The maximum atomic E-state index is 9.60. The van der Waals surface area contributed by atoms with Crippen LogP contribution in [0.1, 0.15) is 59.3 Å². The number of carboxylic acids is 2. The zero-order chi connectivity index (χ0) is 17.7. The smallest absolute Gasteiger partial charge is 0.330 e. The zero-order valence-electron chi connectivity index (χ0n) is 14.0. The number of aliphatic carboxylic acids is 2. The van der Waals surface area contributed by atoms with Gasteiger partial charge in [0.05, 0.1) is 6.10 Å². The van der Waals surface area contributed by atoms with E-state index in [1.165, 1.54) is 39.5 Å². The first-order valence-corrected chi connectivity index (χ1v) is 7.57. The highest BCUT2D eigenvalue weighted by molar-refractivity contribution is 5.85. The molecule has 128 valence electrons. The molecule has 0 bridgehead atoms. The van der Waals surface area contributed by atoms with Crippen molar-refractivity contribution in [1.82, 2.24) is 0 Å². The highest BCUT2D eigenvalue weighted by Crippen LogP contribution is 2.27. The predicted molar refractivity (Wildman–Crippen MR) is 87.8 cm³/mol. The molecule has 5 heteroatoms. The van der Waals surface area contributed by atoms with Gasteiger partial charge in [-0.15, -0.1) is 0 Å². The molecule has 0 amide bonds. The summed E-state index contributed by atoms with van der Waals surface area (Å²) in [5.74, 6) is -0.946. The number of aliphatic hydroxyl groups excluding tert-OH is 1. The summed E-state index contributed by atoms with van der Waals surface area (Å²) in [6, 6.07) is 0. The molecule has 1 aliphatic rings. The summed E-state index contributed by atoms with van der Waals surface area (Å²) in [4.78, 5) is 19.2. The largest absolute Gasteiger partial charge is 0.478 e. The van der Waals surface area contributed by atoms with Crippen LogP contribution in [-0.4, -0.2) is 33.4 Å². The summed E-state index contributed by atoms with van der Waals surface area (Å²) >= 11 is 0. The van der Waals surface area contributed by atoms with Gasteiger partial charge in [-0.3, -0.25) is 0 Å². The molecule has 0 aliphatic heterocycles. The normalized spacial score (nSPS) is 19.6. The van der Waals surface area contributed by atoms with Crippen molar-refractivity contribution in [3.63, 3.8) is 0 Å². The van der Waals surface area contributed by atoms with Crippen LogP contribution in [-0.2, 0) is 9.59 Å². The van der Waals surface area contributed by atoms with Crippen molar-refractivity contribution in [3.8, 4) is 0 Å². The van der Waals surface area contributed by atoms with E-state index < -0.39 is 11.9 Å². The van der Waals surface area contributed by atoms with Gasteiger partial charge >= 0.3 is 11.9 Å². The number of rotatable bonds is 4. The van der Waals surface area contributed by atoms with E-state index in [1.54, 1.807) is 0 Å². The van der Waals surface area contributed by atoms with Gasteiger partial charge in [-0.25, -0.2) is 9.59 Å². The molecule has 0 aromatic carbocycles. The molecule has 0 spiro atoms. The monoisotopic (exact) mass is 314 g/mol. The van der Waals surface area contributed by atoms with E-state index in [1.807, 2.05) is 0 Å². The van der Waals surface area contributed by atoms with E-state index in [-0.39, 0.29) is 17.3 Å². The van der Waals surface area contributed by atoms with E-state index in [4.69, 9.17) is 10.2 Å². The van der Waals surface area contributed by atoms with Gasteiger partial charge in [0, 0.05) is 11.1 Å². The molecular formula is C17H30O5. The van der Waals surface area contributed by atoms with E-state index in [0.717, 1.165) is 18.8 Å². The molecule has 0 saturated heterocycles. The van der Waals surface area contributed by atoms with Crippen LogP contribution in [0.2, 0.25) is 0 Å². The average Bonchev–Trinajstić information content (AvgIpc) is 2.43. The van der Waals surface area contributed by atoms with Crippen molar-refractivity contribution in [2.45, 2.75) is 65.4 Å². The molecule has 22 heavy (non-hydrogen) atoms. The molecule has 1 rings (SSSR count). The summed E-state index contributed by atoms with van der Waals surface area (Å²) < 4.78 is 0. The first kappa shape index (κ1) is 22.7. The Morgan fingerprint density at radius 2 is 1.27 bits per heavy atom. The third kappa shape index (κ3) is 14.8. The Kier molecular flexibility index (Phi) is 13.5. The highest BCUT2D eigenvalue weighted by atomic mass is 16.4. The van der Waals surface area contributed by atoms with Gasteiger partial charge in [-0.1, -0.05) is 32.9 Å². The summed E-state index contributed by atoms with van der Waals surface area (Å²) in [7, 11) is 0. The molecule has 5 nitrogen and oxygen atoms in total. The predicted octanol–water partition coefficient (Wildman–Crippen LogP) is 3.63. The van der Waals surface area contributed by atoms with E-state index in [9.17, 15) is 14.7 Å². The lowest BCUT2D eigenvalue weighted by Crippen LogP contribution is -2.17. The Labute approximate surface area is 133 Å². The van der Waals surface area contributed by atoms with Gasteiger partial charge in [0.2, 0.25) is 0 Å². The second-order valence-corrected chi connectivity index (χ2v) is 5.63. The number of hydrogen-bond acceptors (Lipinski definition) is 3. The number of carboxylic acid groups (broad SMARTS) is 2. The van der Waals surface area contributed by atoms with E-state index in [0.29, 0.717) is 0 Å². The topological polar surface area (TPSA) is 94.8 Å². The molecule has 0 aromatic heterocycles. The molecule has 1 aliphatic carbocycles. The summed E-state index contributed by atoms with van der Waals surface area (Å²) in [6.07, 6.45) is 7.31. The molecule has 0 aromatic rings. The Bertz CT molecular complexity index is 317. The summed E-state index contributed by atoms with van der Waals surface area (Å²) in [5.41, 5.74) is 0.352. The van der Waals surface area contributed by atoms with Gasteiger partial charge in [0.25, 0.3) is 0 Å². The van der Waals surface area contributed by atoms with Crippen LogP contribution in [0.3, 0.4) is 0 Å². The average molecular weight is 314 g/mol. The highest BCUT2D eigenvalue weighted by Gasteiger charge is 2.17. The third-order valence-electron chi connectivity index (χ3n) is 3.24. The second kappa shape index (κ2) is 13.1. The van der Waals surface area contributed by atoms with Crippen molar-refractivity contribution in [3.05, 3.63) is 24.3 Å². The summed E-state index contributed by atoms with van der Waals surface area (Å²) in [5, 5.41) is 25.0. The van der Waals surface area contributed by atoms with Gasteiger partial charge in [-0.2, -0.15) is 0 Å². The molecule has 0 heterocycles. The minimum absolute atomic E-state index is 0.0214. The fraction of sp³-hybridized carbons (Fsp3) is 0.647. The Balaban J connectivity index is 0. The number of hydrogen-bond donors (Lipinski definition) is 3. The fourth-order valence-electron chi connectivity index (χ4n) is 1.84. The number of carbonyl (C=O) groups is 2. The Morgan fingerprint density at radius 3 is 1.50 bits per heavy atom. The Hall–Kier alpha value is -1.62. The Morgan fingerprint density at radius 1 is 0.955 bits per heavy atom. The lowest BCUT2D eigenvalue weighted by atomic mass is 9.85. The maximum Gasteiger partial charge on any atom is 0.330 e. The molecule has 1 saturated carbocycles. The van der Waals surface area contributed by atoms with Crippen LogP contribution in [0.25, 0.3) is 0 Å². The van der Waals surface area contributed by atoms with Gasteiger partial charge in [0.15, 0.2) is 0 Å². The van der Waals surface area contributed by atoms with Crippen LogP contribution in [0, 0.1) is 5.92 Å².